The zero-order chi connectivity index (χ0) is 13.9. The van der Waals surface area contributed by atoms with Crippen LogP contribution in [0, 0.1) is 5.41 Å². The Morgan fingerprint density at radius 2 is 2.32 bits per heavy atom. The molecule has 2 rings (SSSR count). The summed E-state index contributed by atoms with van der Waals surface area (Å²) < 4.78 is 0. The van der Waals surface area contributed by atoms with E-state index in [0.29, 0.717) is 17.9 Å². The van der Waals surface area contributed by atoms with E-state index in [1.807, 2.05) is 6.92 Å². The molecule has 3 N–H and O–H groups in total. The summed E-state index contributed by atoms with van der Waals surface area (Å²) in [4.78, 5) is 26.7. The molecule has 6 heteroatoms. The summed E-state index contributed by atoms with van der Waals surface area (Å²) in [6, 6.07) is 3.29. The van der Waals surface area contributed by atoms with Gasteiger partial charge in [0, 0.05) is 6.54 Å². The van der Waals surface area contributed by atoms with E-state index in [4.69, 9.17) is 5.11 Å². The van der Waals surface area contributed by atoms with Crippen molar-refractivity contribution in [3.63, 3.8) is 0 Å². The van der Waals surface area contributed by atoms with E-state index in [9.17, 15) is 9.59 Å². The molecule has 1 aliphatic rings. The third kappa shape index (κ3) is 3.29. The number of rotatable bonds is 4. The van der Waals surface area contributed by atoms with Crippen LogP contribution in [0.3, 0.4) is 0 Å². The Bertz CT molecular complexity index is 478. The van der Waals surface area contributed by atoms with Crippen LogP contribution in [0.2, 0.25) is 0 Å². The van der Waals surface area contributed by atoms with Crippen LogP contribution in [0.15, 0.2) is 18.3 Å². The molecule has 0 aromatic carbocycles. The first-order valence-electron chi connectivity index (χ1n) is 6.18. The summed E-state index contributed by atoms with van der Waals surface area (Å²) >= 11 is 0. The quantitative estimate of drug-likeness (QED) is 0.741. The Morgan fingerprint density at radius 1 is 1.53 bits per heavy atom. The third-order valence-electron chi connectivity index (χ3n) is 3.33. The van der Waals surface area contributed by atoms with Gasteiger partial charge in [-0.1, -0.05) is 0 Å². The summed E-state index contributed by atoms with van der Waals surface area (Å²) in [6.45, 7) is 3.44. The zero-order valence-corrected chi connectivity index (χ0v) is 10.8. The fourth-order valence-corrected chi connectivity index (χ4v) is 2.05. The molecule has 1 amide bonds. The van der Waals surface area contributed by atoms with E-state index in [-0.39, 0.29) is 17.7 Å². The molecule has 0 spiro atoms. The minimum absolute atomic E-state index is 0.0368. The van der Waals surface area contributed by atoms with Gasteiger partial charge in [0.25, 0.3) is 0 Å². The first kappa shape index (κ1) is 13.5. The van der Waals surface area contributed by atoms with E-state index in [1.54, 1.807) is 12.1 Å². The number of pyridine rings is 1. The van der Waals surface area contributed by atoms with Gasteiger partial charge in [0.15, 0.2) is 0 Å². The van der Waals surface area contributed by atoms with Crippen molar-refractivity contribution in [2.75, 3.05) is 18.4 Å². The summed E-state index contributed by atoms with van der Waals surface area (Å²) in [5.41, 5.74) is 0.672. The van der Waals surface area contributed by atoms with Crippen LogP contribution in [0.5, 0.6) is 0 Å². The zero-order valence-electron chi connectivity index (χ0n) is 10.8. The second kappa shape index (κ2) is 5.36. The lowest BCUT2D eigenvalue weighted by atomic mass is 9.89. The Kier molecular flexibility index (Phi) is 3.80. The maximum Gasteiger partial charge on any atom is 0.309 e. The number of nitrogens with one attached hydrogen (secondary N) is 2. The number of hydrogen-bond donors (Lipinski definition) is 3. The second-order valence-electron chi connectivity index (χ2n) is 5.05. The van der Waals surface area contributed by atoms with Gasteiger partial charge < -0.3 is 15.7 Å². The van der Waals surface area contributed by atoms with Crippen LogP contribution in [-0.4, -0.2) is 35.1 Å². The second-order valence-corrected chi connectivity index (χ2v) is 5.05. The summed E-state index contributed by atoms with van der Waals surface area (Å²) in [6.07, 6.45) is 2.18. The van der Waals surface area contributed by atoms with Crippen molar-refractivity contribution in [1.82, 2.24) is 10.3 Å². The SMILES string of the molecule is CC1(C(=O)Nc2ccc(CC(=O)O)nc2)CCNC1. The van der Waals surface area contributed by atoms with Crippen LogP contribution < -0.4 is 10.6 Å². The number of aromatic nitrogens is 1. The standard InChI is InChI=1S/C13H17N3O3/c1-13(4-5-14-8-13)12(19)16-10-3-2-9(15-7-10)6-11(17)18/h2-3,7,14H,4-6,8H2,1H3,(H,16,19)(H,17,18). The first-order valence-corrected chi connectivity index (χ1v) is 6.18. The van der Waals surface area contributed by atoms with Gasteiger partial charge in [-0.2, -0.15) is 0 Å². The normalized spacial score (nSPS) is 22.2. The fourth-order valence-electron chi connectivity index (χ4n) is 2.05. The Morgan fingerprint density at radius 3 is 2.84 bits per heavy atom. The van der Waals surface area contributed by atoms with Crippen LogP contribution in [0.1, 0.15) is 19.0 Å². The molecule has 2 heterocycles. The molecule has 1 unspecified atom stereocenters. The highest BCUT2D eigenvalue weighted by atomic mass is 16.4. The third-order valence-corrected chi connectivity index (χ3v) is 3.33. The average molecular weight is 263 g/mol. The molecule has 1 atom stereocenters. The maximum atomic E-state index is 12.1. The number of hydrogen-bond acceptors (Lipinski definition) is 4. The molecular formula is C13H17N3O3. The number of carboxylic acids is 1. The molecule has 6 nitrogen and oxygen atoms in total. The van der Waals surface area contributed by atoms with Crippen LogP contribution in [0.4, 0.5) is 5.69 Å². The minimum Gasteiger partial charge on any atom is -0.481 e. The number of anilines is 1. The molecule has 102 valence electrons. The molecule has 1 saturated heterocycles. The van der Waals surface area contributed by atoms with Crippen molar-refractivity contribution in [1.29, 1.82) is 0 Å². The smallest absolute Gasteiger partial charge is 0.309 e. The van der Waals surface area contributed by atoms with Gasteiger partial charge in [-0.05, 0) is 32.0 Å². The van der Waals surface area contributed by atoms with Gasteiger partial charge in [-0.25, -0.2) is 0 Å². The number of carbonyl (C=O) groups excluding carboxylic acids is 1. The predicted octanol–water partition coefficient (Wildman–Crippen LogP) is 0.647. The number of aliphatic carboxylic acids is 1. The summed E-state index contributed by atoms with van der Waals surface area (Å²) in [5, 5.41) is 14.6. The van der Waals surface area contributed by atoms with E-state index in [1.165, 1.54) is 6.20 Å². The highest BCUT2D eigenvalue weighted by Gasteiger charge is 2.36. The highest BCUT2D eigenvalue weighted by Crippen LogP contribution is 2.26. The molecular weight excluding hydrogens is 246 g/mol. The van der Waals surface area contributed by atoms with E-state index < -0.39 is 5.97 Å². The minimum atomic E-state index is -0.922. The van der Waals surface area contributed by atoms with Gasteiger partial charge in [0.1, 0.15) is 0 Å². The van der Waals surface area contributed by atoms with Gasteiger partial charge in [0.05, 0.1) is 29.4 Å². The van der Waals surface area contributed by atoms with Crippen LogP contribution in [0.25, 0.3) is 0 Å². The number of carbonyl (C=O) groups is 2. The Hall–Kier alpha value is -1.95. The summed E-state index contributed by atoms with van der Waals surface area (Å²) in [5.74, 6) is -0.959. The van der Waals surface area contributed by atoms with Crippen molar-refractivity contribution in [3.05, 3.63) is 24.0 Å². The fraction of sp³-hybridized carbons (Fsp3) is 0.462. The average Bonchev–Trinajstić information content (AvgIpc) is 2.79. The Balaban J connectivity index is 1.99. The van der Waals surface area contributed by atoms with Crippen molar-refractivity contribution < 1.29 is 14.7 Å². The van der Waals surface area contributed by atoms with Crippen molar-refractivity contribution in [3.8, 4) is 0 Å². The lowest BCUT2D eigenvalue weighted by Crippen LogP contribution is -2.35. The van der Waals surface area contributed by atoms with Gasteiger partial charge >= 0.3 is 5.97 Å². The van der Waals surface area contributed by atoms with E-state index >= 15 is 0 Å². The molecule has 1 aromatic heterocycles. The van der Waals surface area contributed by atoms with E-state index in [2.05, 4.69) is 15.6 Å². The topological polar surface area (TPSA) is 91.3 Å². The monoisotopic (exact) mass is 263 g/mol. The van der Waals surface area contributed by atoms with Crippen molar-refractivity contribution in [2.45, 2.75) is 19.8 Å². The molecule has 0 bridgehead atoms. The lowest BCUT2D eigenvalue weighted by Gasteiger charge is -2.21. The Labute approximate surface area is 111 Å². The molecule has 0 saturated carbocycles. The molecule has 1 fully saturated rings. The number of amides is 1. The molecule has 19 heavy (non-hydrogen) atoms. The van der Waals surface area contributed by atoms with Crippen LogP contribution >= 0.6 is 0 Å². The van der Waals surface area contributed by atoms with Gasteiger partial charge in [0.2, 0.25) is 5.91 Å². The number of carboxylic acid groups (broad SMARTS) is 1. The first-order chi connectivity index (χ1) is 8.99. The molecule has 0 radical (unpaired) electrons. The molecule has 1 aromatic rings. The van der Waals surface area contributed by atoms with E-state index in [0.717, 1.165) is 13.0 Å². The lowest BCUT2D eigenvalue weighted by molar-refractivity contribution is -0.136. The van der Waals surface area contributed by atoms with Crippen LogP contribution in [-0.2, 0) is 16.0 Å². The van der Waals surface area contributed by atoms with Gasteiger partial charge in [-0.15, -0.1) is 0 Å². The van der Waals surface area contributed by atoms with Crippen molar-refractivity contribution >= 4 is 17.6 Å². The van der Waals surface area contributed by atoms with Gasteiger partial charge in [-0.3, -0.25) is 14.6 Å². The van der Waals surface area contributed by atoms with Crippen molar-refractivity contribution in [2.24, 2.45) is 5.41 Å². The maximum absolute atomic E-state index is 12.1. The predicted molar refractivity (Wildman–Crippen MR) is 69.8 cm³/mol. The highest BCUT2D eigenvalue weighted by molar-refractivity contribution is 5.95. The molecule has 1 aliphatic heterocycles. The molecule has 0 aliphatic carbocycles. The number of nitrogens with zero attached hydrogens (tertiary/aromatic N) is 1. The summed E-state index contributed by atoms with van der Waals surface area (Å²) in [7, 11) is 0. The largest absolute Gasteiger partial charge is 0.481 e.